The van der Waals surface area contributed by atoms with Crippen LogP contribution in [-0.2, 0) is 11.8 Å². The molecule has 2 rings (SSSR count). The number of hydrogen-bond acceptors (Lipinski definition) is 3. The third-order valence-corrected chi connectivity index (χ3v) is 5.97. The molecule has 1 heterocycles. The maximum atomic E-state index is 12.8. The lowest BCUT2D eigenvalue weighted by molar-refractivity contribution is -0.122. The Hall–Kier alpha value is -1.36. The van der Waals surface area contributed by atoms with Gasteiger partial charge in [-0.1, -0.05) is 25.7 Å². The molecule has 1 atom stereocenters. The molecule has 1 aliphatic carbocycles. The lowest BCUT2D eigenvalue weighted by atomic mass is 9.88. The average molecular weight is 335 g/mol. The second-order valence-electron chi connectivity index (χ2n) is 7.68. The van der Waals surface area contributed by atoms with E-state index in [1.165, 1.54) is 38.5 Å². The van der Waals surface area contributed by atoms with Gasteiger partial charge in [-0.15, -0.1) is 0 Å². The summed E-state index contributed by atoms with van der Waals surface area (Å²) in [4.78, 5) is 15.1. The summed E-state index contributed by atoms with van der Waals surface area (Å²) in [7, 11) is 6.23. The smallest absolute Gasteiger partial charge is 0.227 e. The summed E-state index contributed by atoms with van der Waals surface area (Å²) in [5.41, 5.74) is 3.20. The lowest BCUT2D eigenvalue weighted by Crippen LogP contribution is -2.53. The van der Waals surface area contributed by atoms with Crippen LogP contribution in [0.4, 0.5) is 0 Å². The SMILES string of the molecule is Cc1nn(C)c(C)c1[C@@H](C)C(=O)NCC1(N(C)C)CCCCCC1. The third-order valence-electron chi connectivity index (χ3n) is 5.97. The van der Waals surface area contributed by atoms with Gasteiger partial charge in [0.25, 0.3) is 0 Å². The number of nitrogens with zero attached hydrogens (tertiary/aromatic N) is 3. The van der Waals surface area contributed by atoms with Gasteiger partial charge in [-0.25, -0.2) is 0 Å². The fraction of sp³-hybridized carbons (Fsp3) is 0.789. The predicted molar refractivity (Wildman–Crippen MR) is 98.2 cm³/mol. The number of hydrogen-bond donors (Lipinski definition) is 1. The minimum atomic E-state index is -0.163. The predicted octanol–water partition coefficient (Wildman–Crippen LogP) is 2.91. The Morgan fingerprint density at radius 1 is 1.25 bits per heavy atom. The molecule has 5 heteroatoms. The van der Waals surface area contributed by atoms with E-state index in [2.05, 4.69) is 29.4 Å². The summed E-state index contributed by atoms with van der Waals surface area (Å²) < 4.78 is 1.86. The zero-order chi connectivity index (χ0) is 17.9. The summed E-state index contributed by atoms with van der Waals surface area (Å²) in [5, 5.41) is 7.69. The Balaban J connectivity index is 2.07. The van der Waals surface area contributed by atoms with Gasteiger partial charge >= 0.3 is 0 Å². The van der Waals surface area contributed by atoms with Gasteiger partial charge < -0.3 is 10.2 Å². The molecule has 1 fully saturated rings. The van der Waals surface area contributed by atoms with Crippen molar-refractivity contribution in [2.45, 2.75) is 70.8 Å². The molecule has 0 aliphatic heterocycles. The Morgan fingerprint density at radius 3 is 2.29 bits per heavy atom. The first-order valence-electron chi connectivity index (χ1n) is 9.24. The van der Waals surface area contributed by atoms with Crippen molar-refractivity contribution in [2.75, 3.05) is 20.6 Å². The van der Waals surface area contributed by atoms with E-state index in [1.54, 1.807) is 0 Å². The second kappa shape index (κ2) is 7.68. The van der Waals surface area contributed by atoms with Crippen LogP contribution >= 0.6 is 0 Å². The van der Waals surface area contributed by atoms with Crippen molar-refractivity contribution in [1.29, 1.82) is 0 Å². The van der Waals surface area contributed by atoms with E-state index in [-0.39, 0.29) is 17.4 Å². The van der Waals surface area contributed by atoms with E-state index in [1.807, 2.05) is 32.5 Å². The molecule has 0 aromatic carbocycles. The fourth-order valence-corrected chi connectivity index (χ4v) is 4.12. The summed E-state index contributed by atoms with van der Waals surface area (Å²) in [5.74, 6) is -0.0524. The molecule has 136 valence electrons. The maximum absolute atomic E-state index is 12.8. The van der Waals surface area contributed by atoms with Crippen molar-refractivity contribution in [3.05, 3.63) is 17.0 Å². The monoisotopic (exact) mass is 334 g/mol. The second-order valence-corrected chi connectivity index (χ2v) is 7.68. The molecular formula is C19H34N4O. The molecule has 1 aromatic rings. The molecule has 1 aliphatic rings. The molecule has 1 saturated carbocycles. The van der Waals surface area contributed by atoms with Gasteiger partial charge in [0.1, 0.15) is 0 Å². The Labute approximate surface area is 146 Å². The molecule has 0 radical (unpaired) electrons. The molecule has 24 heavy (non-hydrogen) atoms. The largest absolute Gasteiger partial charge is 0.354 e. The molecule has 0 unspecified atom stereocenters. The number of amides is 1. The molecular weight excluding hydrogens is 300 g/mol. The fourth-order valence-electron chi connectivity index (χ4n) is 4.12. The Bertz CT molecular complexity index is 568. The van der Waals surface area contributed by atoms with Crippen molar-refractivity contribution in [2.24, 2.45) is 7.05 Å². The Kier molecular flexibility index (Phi) is 6.07. The van der Waals surface area contributed by atoms with Crippen LogP contribution in [0.2, 0.25) is 0 Å². The highest BCUT2D eigenvalue weighted by atomic mass is 16.1. The van der Waals surface area contributed by atoms with Crippen LogP contribution in [0.1, 0.15) is 68.3 Å². The first kappa shape index (κ1) is 19.0. The standard InChI is InChI=1S/C19H34N4O/c1-14(17-15(2)21-23(6)16(17)3)18(24)20-13-19(22(4)5)11-9-7-8-10-12-19/h14H,7-13H2,1-6H3,(H,20,24)/t14-/m1/s1. The quantitative estimate of drug-likeness (QED) is 0.842. The number of likely N-dealkylation sites (N-methyl/N-ethyl adjacent to an activating group) is 1. The van der Waals surface area contributed by atoms with E-state index in [4.69, 9.17) is 0 Å². The number of carbonyl (C=O) groups is 1. The van der Waals surface area contributed by atoms with Gasteiger partial charge in [-0.3, -0.25) is 9.48 Å². The van der Waals surface area contributed by atoms with Crippen LogP contribution in [0.3, 0.4) is 0 Å². The van der Waals surface area contributed by atoms with Gasteiger partial charge in [-0.05, 0) is 47.7 Å². The Morgan fingerprint density at radius 2 is 1.83 bits per heavy atom. The normalized spacial score (nSPS) is 19.1. The van der Waals surface area contributed by atoms with E-state index < -0.39 is 0 Å². The highest BCUT2D eigenvalue weighted by Gasteiger charge is 2.34. The van der Waals surface area contributed by atoms with Crippen molar-refractivity contribution in [3.8, 4) is 0 Å². The van der Waals surface area contributed by atoms with Gasteiger partial charge in [-0.2, -0.15) is 5.10 Å². The van der Waals surface area contributed by atoms with Crippen LogP contribution in [-0.4, -0.2) is 46.8 Å². The minimum Gasteiger partial charge on any atom is -0.354 e. The summed E-state index contributed by atoms with van der Waals surface area (Å²) in [6, 6.07) is 0. The van der Waals surface area contributed by atoms with E-state index in [0.29, 0.717) is 0 Å². The van der Waals surface area contributed by atoms with Crippen LogP contribution in [0.15, 0.2) is 0 Å². The summed E-state index contributed by atoms with van der Waals surface area (Å²) >= 11 is 0. The van der Waals surface area contributed by atoms with Crippen LogP contribution in [0.5, 0.6) is 0 Å². The van der Waals surface area contributed by atoms with E-state index in [0.717, 1.165) is 23.5 Å². The first-order valence-corrected chi connectivity index (χ1v) is 9.24. The van der Waals surface area contributed by atoms with Crippen LogP contribution in [0, 0.1) is 13.8 Å². The molecule has 5 nitrogen and oxygen atoms in total. The molecule has 1 amide bonds. The zero-order valence-electron chi connectivity index (χ0n) is 16.3. The van der Waals surface area contributed by atoms with Gasteiger partial charge in [0.2, 0.25) is 5.91 Å². The topological polar surface area (TPSA) is 50.2 Å². The minimum absolute atomic E-state index is 0.102. The van der Waals surface area contributed by atoms with Crippen molar-refractivity contribution >= 4 is 5.91 Å². The van der Waals surface area contributed by atoms with Gasteiger partial charge in [0.05, 0.1) is 11.6 Å². The number of carbonyl (C=O) groups excluding carboxylic acids is 1. The number of aryl methyl sites for hydroxylation is 2. The zero-order valence-corrected chi connectivity index (χ0v) is 16.3. The van der Waals surface area contributed by atoms with Crippen LogP contribution < -0.4 is 5.32 Å². The average Bonchev–Trinajstić information content (AvgIpc) is 2.73. The molecule has 0 saturated heterocycles. The number of rotatable bonds is 5. The van der Waals surface area contributed by atoms with Crippen molar-refractivity contribution < 1.29 is 4.79 Å². The molecule has 0 spiro atoms. The highest BCUT2D eigenvalue weighted by molar-refractivity contribution is 5.83. The van der Waals surface area contributed by atoms with Crippen molar-refractivity contribution in [1.82, 2.24) is 20.0 Å². The van der Waals surface area contributed by atoms with Gasteiger partial charge in [0, 0.05) is 30.4 Å². The van der Waals surface area contributed by atoms with Crippen LogP contribution in [0.25, 0.3) is 0 Å². The third kappa shape index (κ3) is 3.82. The number of nitrogens with one attached hydrogen (secondary N) is 1. The number of aromatic nitrogens is 2. The molecule has 0 bridgehead atoms. The summed E-state index contributed by atoms with van der Waals surface area (Å²) in [6.07, 6.45) is 7.47. The van der Waals surface area contributed by atoms with Gasteiger partial charge in [0.15, 0.2) is 0 Å². The van der Waals surface area contributed by atoms with Crippen molar-refractivity contribution in [3.63, 3.8) is 0 Å². The summed E-state index contributed by atoms with van der Waals surface area (Å²) in [6.45, 7) is 6.74. The lowest BCUT2D eigenvalue weighted by Gasteiger charge is -2.40. The van der Waals surface area contributed by atoms with E-state index in [9.17, 15) is 4.79 Å². The highest BCUT2D eigenvalue weighted by Crippen LogP contribution is 2.31. The first-order chi connectivity index (χ1) is 11.3. The van der Waals surface area contributed by atoms with E-state index >= 15 is 0 Å². The molecule has 1 aromatic heterocycles. The maximum Gasteiger partial charge on any atom is 0.227 e. The molecule has 1 N–H and O–H groups in total.